The van der Waals surface area contributed by atoms with Gasteiger partial charge in [0.2, 0.25) is 0 Å². The van der Waals surface area contributed by atoms with E-state index < -0.39 is 0 Å². The van der Waals surface area contributed by atoms with Crippen LogP contribution in [0.2, 0.25) is 0 Å². The highest BCUT2D eigenvalue weighted by molar-refractivity contribution is 5.77. The lowest BCUT2D eigenvalue weighted by molar-refractivity contribution is 0.450. The van der Waals surface area contributed by atoms with E-state index in [1.54, 1.807) is 0 Å². The Morgan fingerprint density at radius 1 is 1.04 bits per heavy atom. The van der Waals surface area contributed by atoms with Crippen LogP contribution in [0.15, 0.2) is 66.9 Å². The fourth-order valence-corrected chi connectivity index (χ4v) is 3.28. The van der Waals surface area contributed by atoms with Gasteiger partial charge in [-0.15, -0.1) is 0 Å². The molecule has 130 valence electrons. The molecule has 2 aromatic carbocycles. The summed E-state index contributed by atoms with van der Waals surface area (Å²) in [6, 6.07) is 19.4. The van der Waals surface area contributed by atoms with Crippen LogP contribution in [0.3, 0.4) is 0 Å². The van der Waals surface area contributed by atoms with Crippen molar-refractivity contribution in [1.82, 2.24) is 4.90 Å². The highest BCUT2D eigenvalue weighted by Crippen LogP contribution is 2.26. The molecule has 0 saturated carbocycles. The second-order valence-corrected chi connectivity index (χ2v) is 6.69. The zero-order valence-electron chi connectivity index (χ0n) is 15.3. The summed E-state index contributed by atoms with van der Waals surface area (Å²) in [6.07, 6.45) is 9.27. The maximum atomic E-state index is 3.58. The predicted octanol–water partition coefficient (Wildman–Crippen LogP) is 6.01. The van der Waals surface area contributed by atoms with E-state index in [0.717, 1.165) is 18.7 Å². The highest BCUT2D eigenvalue weighted by atomic mass is 15.1. The summed E-state index contributed by atoms with van der Waals surface area (Å²) in [5.41, 5.74) is 6.31. The summed E-state index contributed by atoms with van der Waals surface area (Å²) in [7, 11) is 2.17. The molecule has 1 N–H and O–H groups in total. The third-order valence-electron chi connectivity index (χ3n) is 4.61. The Kier molecular flexibility index (Phi) is 5.95. The van der Waals surface area contributed by atoms with Crippen LogP contribution in [0, 0.1) is 0 Å². The van der Waals surface area contributed by atoms with Gasteiger partial charge < -0.3 is 10.2 Å². The van der Waals surface area contributed by atoms with E-state index >= 15 is 0 Å². The summed E-state index contributed by atoms with van der Waals surface area (Å²) in [5.74, 6) is 0. The standard InChI is InChI=1S/C23H28N2/c1-3-9-23(20-10-5-4-6-11-20)24-22-15-13-19(14-16-22)21-12-7-8-17-25(2)18-21/h4-6,9-11,13-16,18,24H,3,7-8,12,17H2,1-2H3/b23-9+. The number of nitrogens with one attached hydrogen (secondary N) is 1. The molecular weight excluding hydrogens is 304 g/mol. The molecule has 0 spiro atoms. The lowest BCUT2D eigenvalue weighted by Gasteiger charge is -2.14. The maximum absolute atomic E-state index is 3.58. The Labute approximate surface area is 151 Å². The number of hydrogen-bond acceptors (Lipinski definition) is 2. The fourth-order valence-electron chi connectivity index (χ4n) is 3.28. The quantitative estimate of drug-likeness (QED) is 0.721. The van der Waals surface area contributed by atoms with Crippen LogP contribution in [0.5, 0.6) is 0 Å². The van der Waals surface area contributed by atoms with Crippen molar-refractivity contribution < 1.29 is 0 Å². The normalized spacial score (nSPS) is 15.5. The summed E-state index contributed by atoms with van der Waals surface area (Å²) in [5, 5.41) is 3.58. The summed E-state index contributed by atoms with van der Waals surface area (Å²) in [6.45, 7) is 3.33. The van der Waals surface area contributed by atoms with Crippen LogP contribution in [-0.4, -0.2) is 18.5 Å². The zero-order chi connectivity index (χ0) is 17.5. The molecule has 2 nitrogen and oxygen atoms in total. The largest absolute Gasteiger partial charge is 0.380 e. The van der Waals surface area contributed by atoms with Crippen LogP contribution < -0.4 is 5.32 Å². The van der Waals surface area contributed by atoms with Crippen LogP contribution >= 0.6 is 0 Å². The second-order valence-electron chi connectivity index (χ2n) is 6.69. The van der Waals surface area contributed by atoms with Crippen molar-refractivity contribution in [2.75, 3.05) is 18.9 Å². The molecule has 25 heavy (non-hydrogen) atoms. The first-order chi connectivity index (χ1) is 12.3. The average molecular weight is 332 g/mol. The number of anilines is 1. The van der Waals surface area contributed by atoms with Crippen molar-refractivity contribution >= 4 is 17.0 Å². The van der Waals surface area contributed by atoms with Gasteiger partial charge in [-0.3, -0.25) is 0 Å². The van der Waals surface area contributed by atoms with Crippen LogP contribution in [0.25, 0.3) is 11.3 Å². The van der Waals surface area contributed by atoms with E-state index in [0.29, 0.717) is 0 Å². The van der Waals surface area contributed by atoms with Gasteiger partial charge in [-0.05, 0) is 54.5 Å². The molecule has 0 unspecified atom stereocenters. The van der Waals surface area contributed by atoms with Gasteiger partial charge in [-0.25, -0.2) is 0 Å². The third kappa shape index (κ3) is 4.76. The summed E-state index contributed by atoms with van der Waals surface area (Å²) >= 11 is 0. The van der Waals surface area contributed by atoms with Crippen LogP contribution in [-0.2, 0) is 0 Å². The molecule has 0 radical (unpaired) electrons. The number of nitrogens with zero attached hydrogens (tertiary/aromatic N) is 1. The molecule has 0 aliphatic carbocycles. The molecule has 0 bridgehead atoms. The van der Waals surface area contributed by atoms with E-state index in [9.17, 15) is 0 Å². The zero-order valence-corrected chi connectivity index (χ0v) is 15.3. The van der Waals surface area contributed by atoms with Gasteiger partial charge in [-0.1, -0.05) is 55.5 Å². The Morgan fingerprint density at radius 2 is 1.80 bits per heavy atom. The SMILES string of the molecule is CC/C=C(/Nc1ccc(C2=CN(C)CCCC2)cc1)c1ccccc1. The van der Waals surface area contributed by atoms with E-state index in [4.69, 9.17) is 0 Å². The van der Waals surface area contributed by atoms with Gasteiger partial charge in [0.1, 0.15) is 0 Å². The Morgan fingerprint density at radius 3 is 2.52 bits per heavy atom. The second kappa shape index (κ2) is 8.57. The number of rotatable bonds is 5. The number of benzene rings is 2. The number of allylic oxidation sites excluding steroid dienone is 2. The topological polar surface area (TPSA) is 15.3 Å². The molecule has 1 heterocycles. The van der Waals surface area contributed by atoms with E-state index in [1.165, 1.54) is 41.7 Å². The molecule has 0 atom stereocenters. The minimum atomic E-state index is 1.01. The first-order valence-corrected chi connectivity index (χ1v) is 9.30. The highest BCUT2D eigenvalue weighted by Gasteiger charge is 2.08. The van der Waals surface area contributed by atoms with Crippen molar-refractivity contribution in [2.24, 2.45) is 0 Å². The minimum Gasteiger partial charge on any atom is -0.380 e. The monoisotopic (exact) mass is 332 g/mol. The molecule has 1 aliphatic rings. The minimum absolute atomic E-state index is 1.01. The first-order valence-electron chi connectivity index (χ1n) is 9.30. The maximum Gasteiger partial charge on any atom is 0.0417 e. The van der Waals surface area contributed by atoms with Crippen molar-refractivity contribution in [2.45, 2.75) is 32.6 Å². The molecule has 0 saturated heterocycles. The molecule has 0 aromatic heterocycles. The van der Waals surface area contributed by atoms with Gasteiger partial charge in [0.15, 0.2) is 0 Å². The van der Waals surface area contributed by atoms with E-state index in [-0.39, 0.29) is 0 Å². The van der Waals surface area contributed by atoms with Crippen molar-refractivity contribution in [3.8, 4) is 0 Å². The molecule has 2 heteroatoms. The lowest BCUT2D eigenvalue weighted by Crippen LogP contribution is -2.10. The Balaban J connectivity index is 1.76. The van der Waals surface area contributed by atoms with Gasteiger partial charge in [0.05, 0.1) is 0 Å². The smallest absolute Gasteiger partial charge is 0.0417 e. The van der Waals surface area contributed by atoms with Crippen LogP contribution in [0.4, 0.5) is 5.69 Å². The molecular formula is C23H28N2. The number of hydrogen-bond donors (Lipinski definition) is 1. The lowest BCUT2D eigenvalue weighted by atomic mass is 10.0. The van der Waals surface area contributed by atoms with Gasteiger partial charge in [-0.2, -0.15) is 0 Å². The van der Waals surface area contributed by atoms with Gasteiger partial charge >= 0.3 is 0 Å². The van der Waals surface area contributed by atoms with E-state index in [2.05, 4.69) is 91.1 Å². The Hall–Kier alpha value is -2.48. The Bertz CT molecular complexity index is 726. The van der Waals surface area contributed by atoms with E-state index in [1.807, 2.05) is 0 Å². The van der Waals surface area contributed by atoms with Crippen LogP contribution in [0.1, 0.15) is 43.7 Å². The molecule has 2 aromatic rings. The summed E-state index contributed by atoms with van der Waals surface area (Å²) in [4.78, 5) is 2.31. The van der Waals surface area contributed by atoms with Crippen molar-refractivity contribution in [3.05, 3.63) is 78.0 Å². The first kappa shape index (κ1) is 17.3. The molecule has 0 amide bonds. The van der Waals surface area contributed by atoms with Gasteiger partial charge in [0, 0.05) is 31.2 Å². The van der Waals surface area contributed by atoms with Crippen molar-refractivity contribution in [1.29, 1.82) is 0 Å². The third-order valence-corrected chi connectivity index (χ3v) is 4.61. The molecule has 1 aliphatic heterocycles. The summed E-state index contributed by atoms with van der Waals surface area (Å²) < 4.78 is 0. The molecule has 3 rings (SSSR count). The predicted molar refractivity (Wildman–Crippen MR) is 109 cm³/mol. The van der Waals surface area contributed by atoms with Gasteiger partial charge in [0.25, 0.3) is 0 Å². The fraction of sp³-hybridized carbons (Fsp3) is 0.304. The van der Waals surface area contributed by atoms with Crippen molar-refractivity contribution in [3.63, 3.8) is 0 Å². The molecule has 0 fully saturated rings. The average Bonchev–Trinajstić information content (AvgIpc) is 2.87.